The van der Waals surface area contributed by atoms with E-state index in [9.17, 15) is 39.0 Å². The fourth-order valence-corrected chi connectivity index (χ4v) is 3.98. The van der Waals surface area contributed by atoms with E-state index in [2.05, 4.69) is 9.47 Å². The van der Waals surface area contributed by atoms with Crippen molar-refractivity contribution in [2.45, 2.75) is 0 Å². The van der Waals surface area contributed by atoms with Crippen molar-refractivity contribution >= 4 is 35.8 Å². The van der Waals surface area contributed by atoms with Crippen LogP contribution in [0, 0.1) is 0 Å². The Morgan fingerprint density at radius 3 is 1.32 bits per heavy atom. The summed E-state index contributed by atoms with van der Waals surface area (Å²) in [5.41, 5.74) is -0.387. The fourth-order valence-electron chi connectivity index (χ4n) is 3.98. The Morgan fingerprint density at radius 2 is 0.941 bits per heavy atom. The first kappa shape index (κ1) is 20.8. The molecule has 0 aromatic heterocycles. The van der Waals surface area contributed by atoms with Gasteiger partial charge in [0, 0.05) is 0 Å². The fraction of sp³-hybridized carbons (Fsp3) is 0. The summed E-state index contributed by atoms with van der Waals surface area (Å²) in [6.07, 6.45) is 0. The number of carbonyl (C=O) groups is 6. The molecule has 0 saturated heterocycles. The maximum absolute atomic E-state index is 12.3. The molecule has 0 bridgehead atoms. The topological polar surface area (TPSA) is 161 Å². The number of fused-ring (bicyclic) bond motifs is 2. The van der Waals surface area contributed by atoms with Gasteiger partial charge in [0.05, 0.1) is 33.4 Å². The van der Waals surface area contributed by atoms with Crippen LogP contribution in [0.25, 0.3) is 22.3 Å². The summed E-state index contributed by atoms with van der Waals surface area (Å²) in [5.74, 6) is -6.51. The van der Waals surface area contributed by atoms with Gasteiger partial charge in [0.1, 0.15) is 0 Å². The largest absolute Gasteiger partial charge is 0.478 e. The van der Waals surface area contributed by atoms with E-state index >= 15 is 0 Å². The molecule has 0 amide bonds. The summed E-state index contributed by atoms with van der Waals surface area (Å²) in [7, 11) is 0. The average Bonchev–Trinajstić information content (AvgIpc) is 3.26. The molecule has 0 fully saturated rings. The van der Waals surface area contributed by atoms with Crippen molar-refractivity contribution < 1.29 is 48.5 Å². The van der Waals surface area contributed by atoms with Gasteiger partial charge in [0.25, 0.3) is 0 Å². The Bertz CT molecular complexity index is 1420. The van der Waals surface area contributed by atoms with Gasteiger partial charge in [0.2, 0.25) is 0 Å². The third-order valence-electron chi connectivity index (χ3n) is 5.47. The van der Waals surface area contributed by atoms with E-state index in [-0.39, 0.29) is 55.6 Å². The summed E-state index contributed by atoms with van der Waals surface area (Å²) in [6.45, 7) is 0. The lowest BCUT2D eigenvalue weighted by molar-refractivity contribution is 0.0426. The highest BCUT2D eigenvalue weighted by Crippen LogP contribution is 2.37. The van der Waals surface area contributed by atoms with Gasteiger partial charge in [-0.1, -0.05) is 18.2 Å². The first-order valence-corrected chi connectivity index (χ1v) is 9.62. The number of carboxylic acid groups (broad SMARTS) is 2. The van der Waals surface area contributed by atoms with Gasteiger partial charge >= 0.3 is 35.8 Å². The molecular weight excluding hydrogens is 448 g/mol. The van der Waals surface area contributed by atoms with Gasteiger partial charge in [-0.3, -0.25) is 0 Å². The first-order valence-electron chi connectivity index (χ1n) is 9.62. The third kappa shape index (κ3) is 3.05. The van der Waals surface area contributed by atoms with Crippen molar-refractivity contribution in [2.24, 2.45) is 0 Å². The number of carboxylic acids is 2. The third-order valence-corrected chi connectivity index (χ3v) is 5.47. The summed E-state index contributed by atoms with van der Waals surface area (Å²) >= 11 is 0. The van der Waals surface area contributed by atoms with Crippen LogP contribution in [-0.4, -0.2) is 46.0 Å². The number of esters is 4. The van der Waals surface area contributed by atoms with Crippen molar-refractivity contribution in [3.05, 3.63) is 81.9 Å². The molecule has 0 radical (unpaired) electrons. The SMILES string of the molecule is O=C(O)c1cc2c(c(-c3cccc(-c4cc(C(=O)O)cc5c4C(=O)OC5=O)c3)c1)C(=O)OC2=O. The molecule has 0 unspecified atom stereocenters. The minimum absolute atomic E-state index is 0.0947. The molecule has 0 saturated carbocycles. The zero-order valence-electron chi connectivity index (χ0n) is 16.8. The van der Waals surface area contributed by atoms with E-state index in [0.29, 0.717) is 0 Å². The van der Waals surface area contributed by atoms with E-state index in [0.717, 1.165) is 12.1 Å². The lowest BCUT2D eigenvalue weighted by Gasteiger charge is -2.11. The molecule has 3 aromatic rings. The normalized spacial score (nSPS) is 13.9. The van der Waals surface area contributed by atoms with Crippen LogP contribution in [-0.2, 0) is 9.47 Å². The number of aromatic carboxylic acids is 2. The van der Waals surface area contributed by atoms with Crippen molar-refractivity contribution in [1.82, 2.24) is 0 Å². The van der Waals surface area contributed by atoms with E-state index in [1.807, 2.05) is 0 Å². The molecule has 0 spiro atoms. The van der Waals surface area contributed by atoms with Gasteiger partial charge in [-0.15, -0.1) is 0 Å². The van der Waals surface area contributed by atoms with Gasteiger partial charge in [0.15, 0.2) is 0 Å². The van der Waals surface area contributed by atoms with E-state index in [1.165, 1.54) is 36.4 Å². The van der Waals surface area contributed by atoms with Crippen LogP contribution in [0.3, 0.4) is 0 Å². The number of hydrogen-bond acceptors (Lipinski definition) is 8. The number of carbonyl (C=O) groups excluding carboxylic acids is 4. The Kier molecular flexibility index (Phi) is 4.40. The van der Waals surface area contributed by atoms with E-state index in [4.69, 9.17) is 0 Å². The van der Waals surface area contributed by atoms with Crippen LogP contribution in [0.1, 0.15) is 62.1 Å². The molecule has 2 heterocycles. The van der Waals surface area contributed by atoms with Crippen molar-refractivity contribution in [3.63, 3.8) is 0 Å². The van der Waals surface area contributed by atoms with Crippen molar-refractivity contribution in [2.75, 3.05) is 0 Å². The average molecular weight is 458 g/mol. The second-order valence-electron chi connectivity index (χ2n) is 7.44. The smallest absolute Gasteiger partial charge is 0.347 e. The highest BCUT2D eigenvalue weighted by atomic mass is 16.6. The number of rotatable bonds is 4. The van der Waals surface area contributed by atoms with Crippen LogP contribution >= 0.6 is 0 Å². The standard InChI is InChI=1S/C24H10O10/c25-19(26)11-5-13(17-15(7-11)21(29)33-23(17)31)9-2-1-3-10(4-9)14-6-12(20(27)28)8-16-18(14)24(32)34-22(16)30/h1-8H,(H,25,26)(H,27,28). The lowest BCUT2D eigenvalue weighted by atomic mass is 9.89. The van der Waals surface area contributed by atoms with Gasteiger partial charge < -0.3 is 19.7 Å². The van der Waals surface area contributed by atoms with Gasteiger partial charge in [-0.2, -0.15) is 0 Å². The maximum atomic E-state index is 12.3. The minimum atomic E-state index is -1.33. The molecule has 0 atom stereocenters. The molecule has 34 heavy (non-hydrogen) atoms. The van der Waals surface area contributed by atoms with Crippen LogP contribution in [0.5, 0.6) is 0 Å². The van der Waals surface area contributed by atoms with Crippen molar-refractivity contribution in [1.29, 1.82) is 0 Å². The summed E-state index contributed by atoms with van der Waals surface area (Å²) < 4.78 is 9.27. The van der Waals surface area contributed by atoms with Crippen LogP contribution in [0.2, 0.25) is 0 Å². The number of hydrogen-bond donors (Lipinski definition) is 2. The summed E-state index contributed by atoms with van der Waals surface area (Å²) in [6, 6.07) is 10.6. The Balaban J connectivity index is 1.76. The zero-order valence-corrected chi connectivity index (χ0v) is 16.8. The van der Waals surface area contributed by atoms with Crippen LogP contribution < -0.4 is 0 Å². The van der Waals surface area contributed by atoms with Crippen LogP contribution in [0.4, 0.5) is 0 Å². The van der Waals surface area contributed by atoms with Crippen molar-refractivity contribution in [3.8, 4) is 22.3 Å². The van der Waals surface area contributed by atoms with E-state index < -0.39 is 35.8 Å². The lowest BCUT2D eigenvalue weighted by Crippen LogP contribution is -2.04. The predicted octanol–water partition coefficient (Wildman–Crippen LogP) is 3.04. The van der Waals surface area contributed by atoms with Gasteiger partial charge in [-0.05, 0) is 52.6 Å². The minimum Gasteiger partial charge on any atom is -0.478 e. The predicted molar refractivity (Wildman–Crippen MR) is 111 cm³/mol. The Morgan fingerprint density at radius 1 is 0.559 bits per heavy atom. The number of ether oxygens (including phenoxy) is 2. The quantitative estimate of drug-likeness (QED) is 0.439. The monoisotopic (exact) mass is 458 g/mol. The second-order valence-corrected chi connectivity index (χ2v) is 7.44. The maximum Gasteiger partial charge on any atom is 0.347 e. The molecule has 10 nitrogen and oxygen atoms in total. The molecule has 2 aliphatic rings. The molecular formula is C24H10O10. The van der Waals surface area contributed by atoms with Gasteiger partial charge in [-0.25, -0.2) is 28.8 Å². The number of benzene rings is 3. The summed E-state index contributed by atoms with van der Waals surface area (Å²) in [4.78, 5) is 71.9. The zero-order chi connectivity index (χ0) is 24.3. The highest BCUT2D eigenvalue weighted by Gasteiger charge is 2.36. The Hall–Kier alpha value is -5.12. The highest BCUT2D eigenvalue weighted by molar-refractivity contribution is 6.20. The molecule has 2 N–H and O–H groups in total. The molecule has 3 aromatic carbocycles. The molecule has 0 aliphatic carbocycles. The molecule has 5 rings (SSSR count). The molecule has 166 valence electrons. The van der Waals surface area contributed by atoms with Crippen LogP contribution in [0.15, 0.2) is 48.5 Å². The molecule has 10 heteroatoms. The van der Waals surface area contributed by atoms with E-state index in [1.54, 1.807) is 0 Å². The number of cyclic esters (lactones) is 4. The summed E-state index contributed by atoms with van der Waals surface area (Å²) in [5, 5.41) is 18.9. The molecule has 2 aliphatic heterocycles. The Labute approximate surface area is 189 Å². The second kappa shape index (κ2) is 7.20. The first-order chi connectivity index (χ1) is 16.2.